The van der Waals surface area contributed by atoms with Gasteiger partial charge in [0.2, 0.25) is 5.91 Å². The molecule has 3 fully saturated rings. The second-order valence-corrected chi connectivity index (χ2v) is 9.05. The number of carbonyl (C=O) groups is 1. The molecule has 0 aromatic rings. The van der Waals surface area contributed by atoms with Gasteiger partial charge in [0.05, 0.1) is 19.3 Å². The lowest BCUT2D eigenvalue weighted by atomic mass is 9.95. The summed E-state index contributed by atoms with van der Waals surface area (Å²) in [5, 5.41) is 93.1. The van der Waals surface area contributed by atoms with Crippen molar-refractivity contribution in [2.75, 3.05) is 13.2 Å². The van der Waals surface area contributed by atoms with Crippen LogP contribution in [0.5, 0.6) is 0 Å². The number of aliphatic hydroxyl groups is 9. The Kier molecular flexibility index (Phi) is 9.97. The summed E-state index contributed by atoms with van der Waals surface area (Å²) in [5.41, 5.74) is 0. The van der Waals surface area contributed by atoms with Crippen LogP contribution < -0.4 is 5.32 Å². The van der Waals surface area contributed by atoms with E-state index in [2.05, 4.69) is 5.32 Å². The molecule has 3 aliphatic rings. The van der Waals surface area contributed by atoms with Crippen molar-refractivity contribution < 1.29 is 74.4 Å². The third kappa shape index (κ3) is 5.97. The molecule has 16 heteroatoms. The summed E-state index contributed by atoms with van der Waals surface area (Å²) < 4.78 is 27.6. The average molecular weight is 529 g/mol. The van der Waals surface area contributed by atoms with Gasteiger partial charge in [0.25, 0.3) is 0 Å². The van der Waals surface area contributed by atoms with Crippen LogP contribution in [-0.2, 0) is 28.5 Å². The smallest absolute Gasteiger partial charge is 0.217 e. The van der Waals surface area contributed by atoms with Gasteiger partial charge in [0.15, 0.2) is 18.9 Å². The second kappa shape index (κ2) is 12.2. The fraction of sp³-hybridized carbons (Fsp3) is 0.950. The molecular formula is C20H35NO15. The fourth-order valence-corrected chi connectivity index (χ4v) is 4.42. The summed E-state index contributed by atoms with van der Waals surface area (Å²) in [6.07, 6.45) is -21.9. The van der Waals surface area contributed by atoms with Crippen molar-refractivity contribution in [1.29, 1.82) is 0 Å². The zero-order valence-electron chi connectivity index (χ0n) is 19.5. The van der Waals surface area contributed by atoms with E-state index >= 15 is 0 Å². The lowest BCUT2D eigenvalue weighted by Gasteiger charge is -2.48. The SMILES string of the molecule is CC(=O)N[C@@H]1[C@H](O[C@@H]2[C@@H](O[C@H]3O[C@H](CO)[C@@H](O)[C@H](O)[C@H]3O)[C@@H](O)C(O)O[C@H]2C)O[C@H](CO)[C@@H](O)[C@@H]1O. The molecule has 0 aromatic carbocycles. The highest BCUT2D eigenvalue weighted by Crippen LogP contribution is 2.32. The molecule has 36 heavy (non-hydrogen) atoms. The predicted molar refractivity (Wildman–Crippen MR) is 111 cm³/mol. The number of hydrogen-bond acceptors (Lipinski definition) is 15. The first kappa shape index (κ1) is 29.5. The molecule has 1 unspecified atom stereocenters. The molecule has 15 atom stereocenters. The molecule has 0 spiro atoms. The van der Waals surface area contributed by atoms with Crippen LogP contribution in [0.25, 0.3) is 0 Å². The molecule has 3 aliphatic heterocycles. The highest BCUT2D eigenvalue weighted by Gasteiger charge is 2.53. The van der Waals surface area contributed by atoms with Gasteiger partial charge < -0.3 is 75.0 Å². The Balaban J connectivity index is 1.86. The Labute approximate surface area is 205 Å². The van der Waals surface area contributed by atoms with E-state index in [1.165, 1.54) is 6.92 Å². The van der Waals surface area contributed by atoms with Crippen molar-refractivity contribution in [2.45, 2.75) is 106 Å². The van der Waals surface area contributed by atoms with Gasteiger partial charge in [-0.05, 0) is 6.92 Å². The number of nitrogens with one attached hydrogen (secondary N) is 1. The van der Waals surface area contributed by atoms with Crippen LogP contribution >= 0.6 is 0 Å². The van der Waals surface area contributed by atoms with Crippen LogP contribution in [0.4, 0.5) is 0 Å². The van der Waals surface area contributed by atoms with E-state index in [9.17, 15) is 50.8 Å². The Bertz CT molecular complexity index is 729. The van der Waals surface area contributed by atoms with Crippen LogP contribution in [0.1, 0.15) is 13.8 Å². The first-order valence-corrected chi connectivity index (χ1v) is 11.4. The van der Waals surface area contributed by atoms with Crippen LogP contribution in [0.2, 0.25) is 0 Å². The number of carbonyl (C=O) groups excluding carboxylic acids is 1. The molecule has 10 N–H and O–H groups in total. The largest absolute Gasteiger partial charge is 0.394 e. The van der Waals surface area contributed by atoms with Crippen molar-refractivity contribution in [3.63, 3.8) is 0 Å². The van der Waals surface area contributed by atoms with Gasteiger partial charge >= 0.3 is 0 Å². The lowest BCUT2D eigenvalue weighted by Crippen LogP contribution is -2.68. The minimum Gasteiger partial charge on any atom is -0.394 e. The van der Waals surface area contributed by atoms with Crippen LogP contribution in [0, 0.1) is 0 Å². The van der Waals surface area contributed by atoms with E-state index in [0.29, 0.717) is 0 Å². The maximum Gasteiger partial charge on any atom is 0.217 e. The standard InChI is InChI=1S/C20H35NO15/c1-5-16(35-19-9(21-6(2)24)12(27)10(25)7(3-22)33-19)17(15(30)18(31)32-5)36-20-14(29)13(28)11(26)8(4-23)34-20/h5,7-20,22-23,25-31H,3-4H2,1-2H3,(H,21,24)/t5-,7+,8+,9-,10+,11+,12+,13-,14+,15+,16-,17-,18?,19-,20+/m0/s1. The molecule has 3 heterocycles. The van der Waals surface area contributed by atoms with E-state index in [1.807, 2.05) is 0 Å². The van der Waals surface area contributed by atoms with E-state index < -0.39 is 111 Å². The summed E-state index contributed by atoms with van der Waals surface area (Å²) in [7, 11) is 0. The van der Waals surface area contributed by atoms with Crippen LogP contribution in [0.15, 0.2) is 0 Å². The van der Waals surface area contributed by atoms with Crippen LogP contribution in [-0.4, -0.2) is 157 Å². The molecular weight excluding hydrogens is 494 g/mol. The normalized spacial score (nSPS) is 50.0. The minimum absolute atomic E-state index is 0.608. The third-order valence-electron chi connectivity index (χ3n) is 6.45. The summed E-state index contributed by atoms with van der Waals surface area (Å²) in [4.78, 5) is 11.7. The summed E-state index contributed by atoms with van der Waals surface area (Å²) in [6, 6.07) is -1.34. The van der Waals surface area contributed by atoms with Gasteiger partial charge in [-0.3, -0.25) is 4.79 Å². The fourth-order valence-electron chi connectivity index (χ4n) is 4.42. The van der Waals surface area contributed by atoms with Crippen molar-refractivity contribution in [1.82, 2.24) is 5.32 Å². The van der Waals surface area contributed by atoms with Crippen molar-refractivity contribution in [3.05, 3.63) is 0 Å². The Morgan fingerprint density at radius 3 is 1.81 bits per heavy atom. The molecule has 0 bridgehead atoms. The zero-order valence-corrected chi connectivity index (χ0v) is 19.5. The van der Waals surface area contributed by atoms with Gasteiger partial charge in [-0.1, -0.05) is 0 Å². The summed E-state index contributed by atoms with van der Waals surface area (Å²) in [6.45, 7) is 1.12. The first-order valence-electron chi connectivity index (χ1n) is 11.4. The molecule has 1 amide bonds. The molecule has 3 rings (SSSR count). The van der Waals surface area contributed by atoms with E-state index in [-0.39, 0.29) is 0 Å². The molecule has 16 nitrogen and oxygen atoms in total. The zero-order chi connectivity index (χ0) is 26.9. The molecule has 210 valence electrons. The number of ether oxygens (including phenoxy) is 5. The second-order valence-electron chi connectivity index (χ2n) is 9.05. The number of hydrogen-bond donors (Lipinski definition) is 10. The number of aliphatic hydroxyl groups excluding tert-OH is 9. The van der Waals surface area contributed by atoms with Gasteiger partial charge in [0, 0.05) is 6.92 Å². The number of rotatable bonds is 7. The monoisotopic (exact) mass is 529 g/mol. The van der Waals surface area contributed by atoms with Gasteiger partial charge in [-0.2, -0.15) is 0 Å². The number of amides is 1. The van der Waals surface area contributed by atoms with E-state index in [4.69, 9.17) is 23.7 Å². The Morgan fingerprint density at radius 1 is 0.722 bits per heavy atom. The van der Waals surface area contributed by atoms with Crippen molar-refractivity contribution >= 4 is 5.91 Å². The molecule has 0 saturated carbocycles. The predicted octanol–water partition coefficient (Wildman–Crippen LogP) is -6.40. The third-order valence-corrected chi connectivity index (χ3v) is 6.45. The summed E-state index contributed by atoms with van der Waals surface area (Å²) in [5.74, 6) is -0.608. The Hall–Kier alpha value is -1.09. The quantitative estimate of drug-likeness (QED) is 0.147. The van der Waals surface area contributed by atoms with Crippen molar-refractivity contribution in [3.8, 4) is 0 Å². The molecule has 3 saturated heterocycles. The minimum atomic E-state index is -1.83. The lowest BCUT2D eigenvalue weighted by molar-refractivity contribution is -0.374. The van der Waals surface area contributed by atoms with Gasteiger partial charge in [-0.15, -0.1) is 0 Å². The summed E-state index contributed by atoms with van der Waals surface area (Å²) >= 11 is 0. The molecule has 0 radical (unpaired) electrons. The Morgan fingerprint density at radius 2 is 1.25 bits per heavy atom. The topological polar surface area (TPSA) is 257 Å². The van der Waals surface area contributed by atoms with Gasteiger partial charge in [-0.25, -0.2) is 0 Å². The molecule has 0 aromatic heterocycles. The van der Waals surface area contributed by atoms with Gasteiger partial charge in [0.1, 0.15) is 67.1 Å². The van der Waals surface area contributed by atoms with E-state index in [0.717, 1.165) is 6.92 Å². The highest BCUT2D eigenvalue weighted by atomic mass is 16.7. The maximum absolute atomic E-state index is 11.7. The highest BCUT2D eigenvalue weighted by molar-refractivity contribution is 5.73. The first-order chi connectivity index (χ1) is 16.9. The average Bonchev–Trinajstić information content (AvgIpc) is 2.83. The molecule has 0 aliphatic carbocycles. The van der Waals surface area contributed by atoms with Crippen LogP contribution in [0.3, 0.4) is 0 Å². The maximum atomic E-state index is 11.7. The van der Waals surface area contributed by atoms with E-state index in [1.54, 1.807) is 0 Å². The van der Waals surface area contributed by atoms with Crippen molar-refractivity contribution in [2.24, 2.45) is 0 Å².